The maximum atomic E-state index is 10.8. The van der Waals surface area contributed by atoms with Gasteiger partial charge < -0.3 is 15.7 Å². The molecule has 0 bridgehead atoms. The highest BCUT2D eigenvalue weighted by atomic mass is 16.4. The topological polar surface area (TPSA) is 78.4 Å². The summed E-state index contributed by atoms with van der Waals surface area (Å²) in [7, 11) is 0. The Labute approximate surface area is 87.9 Å². The highest BCUT2D eigenvalue weighted by molar-refractivity contribution is 5.82. The molecule has 0 saturated heterocycles. The van der Waals surface area contributed by atoms with Crippen LogP contribution < -0.4 is 10.6 Å². The number of carbonyl (C=O) groups excluding carboxylic acids is 1. The predicted octanol–water partition coefficient (Wildman–Crippen LogP) is 0.00910. The van der Waals surface area contributed by atoms with Crippen molar-refractivity contribution in [2.75, 3.05) is 6.54 Å². The van der Waals surface area contributed by atoms with E-state index in [1.165, 1.54) is 6.92 Å². The summed E-state index contributed by atoms with van der Waals surface area (Å²) in [4.78, 5) is 21.6. The molecule has 0 radical (unpaired) electrons. The van der Waals surface area contributed by atoms with Crippen LogP contribution in [-0.4, -0.2) is 29.6 Å². The number of hydrogen-bond donors (Lipinski definition) is 3. The first-order valence-electron chi connectivity index (χ1n) is 4.61. The highest BCUT2D eigenvalue weighted by Crippen LogP contribution is 2.12. The van der Waals surface area contributed by atoms with E-state index < -0.39 is 12.0 Å². The van der Waals surface area contributed by atoms with Crippen LogP contribution in [0.15, 0.2) is 23.9 Å². The van der Waals surface area contributed by atoms with Crippen LogP contribution in [0.4, 0.5) is 0 Å². The van der Waals surface area contributed by atoms with Gasteiger partial charge in [-0.05, 0) is 11.6 Å². The van der Waals surface area contributed by atoms with Crippen LogP contribution in [0.2, 0.25) is 0 Å². The molecule has 0 spiro atoms. The largest absolute Gasteiger partial charge is 0.480 e. The van der Waals surface area contributed by atoms with E-state index >= 15 is 0 Å². The normalized spacial score (nSPS) is 16.6. The summed E-state index contributed by atoms with van der Waals surface area (Å²) in [5.74, 6) is -1.38. The van der Waals surface area contributed by atoms with Crippen LogP contribution >= 0.6 is 0 Å². The van der Waals surface area contributed by atoms with Crippen molar-refractivity contribution in [2.45, 2.75) is 19.4 Å². The van der Waals surface area contributed by atoms with Crippen LogP contribution in [0.5, 0.6) is 0 Å². The molecule has 0 saturated carbocycles. The second-order valence-corrected chi connectivity index (χ2v) is 3.48. The number of hydrogen-bond acceptors (Lipinski definition) is 3. The summed E-state index contributed by atoms with van der Waals surface area (Å²) < 4.78 is 0. The van der Waals surface area contributed by atoms with Gasteiger partial charge in [-0.1, -0.05) is 6.58 Å². The van der Waals surface area contributed by atoms with E-state index in [4.69, 9.17) is 5.11 Å². The molecule has 0 fully saturated rings. The summed E-state index contributed by atoms with van der Waals surface area (Å²) in [6, 6.07) is -0.882. The number of carboxylic acid groups (broad SMARTS) is 1. The second-order valence-electron chi connectivity index (χ2n) is 3.48. The molecule has 1 unspecified atom stereocenters. The number of carboxylic acids is 1. The van der Waals surface area contributed by atoms with Gasteiger partial charge in [0.1, 0.15) is 6.04 Å². The number of aliphatic carboxylic acids is 1. The van der Waals surface area contributed by atoms with Crippen molar-refractivity contribution >= 4 is 11.9 Å². The third-order valence-electron chi connectivity index (χ3n) is 2.02. The first-order chi connectivity index (χ1) is 6.99. The summed E-state index contributed by atoms with van der Waals surface area (Å²) in [5.41, 5.74) is 1.71. The fourth-order valence-corrected chi connectivity index (χ4v) is 1.37. The van der Waals surface area contributed by atoms with E-state index in [-0.39, 0.29) is 12.3 Å². The van der Waals surface area contributed by atoms with Gasteiger partial charge in [0.05, 0.1) is 0 Å². The molecule has 0 aliphatic carbocycles. The summed E-state index contributed by atoms with van der Waals surface area (Å²) in [6.07, 6.45) is 2.06. The fourth-order valence-electron chi connectivity index (χ4n) is 1.37. The maximum absolute atomic E-state index is 10.8. The van der Waals surface area contributed by atoms with Crippen molar-refractivity contribution in [1.29, 1.82) is 0 Å². The smallest absolute Gasteiger partial charge is 0.326 e. The Kier molecular flexibility index (Phi) is 3.49. The van der Waals surface area contributed by atoms with Gasteiger partial charge >= 0.3 is 5.97 Å². The van der Waals surface area contributed by atoms with Gasteiger partial charge in [0.25, 0.3) is 0 Å². The van der Waals surface area contributed by atoms with E-state index in [0.717, 1.165) is 11.3 Å². The molecule has 0 aromatic rings. The zero-order valence-corrected chi connectivity index (χ0v) is 8.54. The molecule has 5 nitrogen and oxygen atoms in total. The van der Waals surface area contributed by atoms with E-state index in [1.807, 2.05) is 0 Å². The summed E-state index contributed by atoms with van der Waals surface area (Å²) in [6.45, 7) is 5.68. The Morgan fingerprint density at radius 1 is 1.73 bits per heavy atom. The number of carbonyl (C=O) groups is 2. The molecule has 3 N–H and O–H groups in total. The maximum Gasteiger partial charge on any atom is 0.326 e. The molecular formula is C10H14N2O3. The van der Waals surface area contributed by atoms with Crippen LogP contribution in [0.1, 0.15) is 13.3 Å². The molecular weight excluding hydrogens is 196 g/mol. The Bertz CT molecular complexity index is 334. The average molecular weight is 210 g/mol. The van der Waals surface area contributed by atoms with E-state index in [1.54, 1.807) is 6.08 Å². The SMILES string of the molecule is C=C1C=C(CC(NC(C)=O)C(=O)O)NC1. The zero-order valence-electron chi connectivity index (χ0n) is 8.54. The van der Waals surface area contributed by atoms with Crippen molar-refractivity contribution in [3.8, 4) is 0 Å². The van der Waals surface area contributed by atoms with Crippen molar-refractivity contribution in [2.24, 2.45) is 0 Å². The molecule has 0 aromatic heterocycles. The summed E-state index contributed by atoms with van der Waals surface area (Å²) >= 11 is 0. The predicted molar refractivity (Wildman–Crippen MR) is 55.1 cm³/mol. The Morgan fingerprint density at radius 2 is 2.40 bits per heavy atom. The van der Waals surface area contributed by atoms with Gasteiger partial charge in [-0.2, -0.15) is 0 Å². The van der Waals surface area contributed by atoms with Gasteiger partial charge in [0, 0.05) is 25.6 Å². The molecule has 1 aliphatic heterocycles. The molecule has 1 atom stereocenters. The van der Waals surface area contributed by atoms with Gasteiger partial charge in [-0.25, -0.2) is 4.79 Å². The van der Waals surface area contributed by atoms with E-state index in [0.29, 0.717) is 6.54 Å². The lowest BCUT2D eigenvalue weighted by molar-refractivity contribution is -0.141. The Hall–Kier alpha value is -1.78. The molecule has 0 aromatic carbocycles. The van der Waals surface area contributed by atoms with Gasteiger partial charge in [0.15, 0.2) is 0 Å². The monoisotopic (exact) mass is 210 g/mol. The van der Waals surface area contributed by atoms with Gasteiger partial charge in [0.2, 0.25) is 5.91 Å². The van der Waals surface area contributed by atoms with E-state index in [2.05, 4.69) is 17.2 Å². The fraction of sp³-hybridized carbons (Fsp3) is 0.400. The Morgan fingerprint density at radius 3 is 2.80 bits per heavy atom. The molecule has 1 heterocycles. The van der Waals surface area contributed by atoms with Crippen LogP contribution in [0.25, 0.3) is 0 Å². The second kappa shape index (κ2) is 4.63. The molecule has 82 valence electrons. The molecule has 1 aliphatic rings. The van der Waals surface area contributed by atoms with Crippen LogP contribution in [0.3, 0.4) is 0 Å². The van der Waals surface area contributed by atoms with Crippen LogP contribution in [0, 0.1) is 0 Å². The number of nitrogens with one attached hydrogen (secondary N) is 2. The minimum Gasteiger partial charge on any atom is -0.480 e. The van der Waals surface area contributed by atoms with Crippen molar-refractivity contribution in [3.05, 3.63) is 23.9 Å². The minimum absolute atomic E-state index is 0.258. The summed E-state index contributed by atoms with van der Waals surface area (Å²) in [5, 5.41) is 14.2. The highest BCUT2D eigenvalue weighted by Gasteiger charge is 2.21. The molecule has 1 amide bonds. The lowest BCUT2D eigenvalue weighted by Gasteiger charge is -2.13. The standard InChI is InChI=1S/C10H14N2O3/c1-6-3-8(11-5-6)4-9(10(14)15)12-7(2)13/h3,9,11H,1,4-5H2,2H3,(H,12,13)(H,14,15). The molecule has 5 heteroatoms. The van der Waals surface area contributed by atoms with Gasteiger partial charge in [-0.3, -0.25) is 4.79 Å². The van der Waals surface area contributed by atoms with Crippen molar-refractivity contribution in [1.82, 2.24) is 10.6 Å². The number of amides is 1. The lowest BCUT2D eigenvalue weighted by Crippen LogP contribution is -2.40. The zero-order chi connectivity index (χ0) is 11.4. The average Bonchev–Trinajstić information content (AvgIpc) is 2.49. The lowest BCUT2D eigenvalue weighted by atomic mass is 10.1. The van der Waals surface area contributed by atoms with Crippen LogP contribution in [-0.2, 0) is 9.59 Å². The first kappa shape index (κ1) is 11.3. The first-order valence-corrected chi connectivity index (χ1v) is 4.61. The van der Waals surface area contributed by atoms with E-state index in [9.17, 15) is 9.59 Å². The number of rotatable bonds is 4. The van der Waals surface area contributed by atoms with Crippen molar-refractivity contribution < 1.29 is 14.7 Å². The molecule has 1 rings (SSSR count). The third kappa shape index (κ3) is 3.46. The quantitative estimate of drug-likeness (QED) is 0.610. The Balaban J connectivity index is 2.59. The molecule has 15 heavy (non-hydrogen) atoms. The third-order valence-corrected chi connectivity index (χ3v) is 2.02. The van der Waals surface area contributed by atoms with Gasteiger partial charge in [-0.15, -0.1) is 0 Å². The minimum atomic E-state index is -1.04. The van der Waals surface area contributed by atoms with Crippen molar-refractivity contribution in [3.63, 3.8) is 0 Å².